The Morgan fingerprint density at radius 1 is 1.26 bits per heavy atom. The van der Waals surface area contributed by atoms with E-state index in [4.69, 9.17) is 10.7 Å². The van der Waals surface area contributed by atoms with Crippen molar-refractivity contribution in [2.24, 2.45) is 5.73 Å². The first-order valence-electron chi connectivity index (χ1n) is 7.40. The smallest absolute Gasteiger partial charge is 0.0709 e. The lowest BCUT2D eigenvalue weighted by atomic mass is 9.87. The molecule has 2 heteroatoms. The van der Waals surface area contributed by atoms with Gasteiger partial charge < -0.3 is 5.73 Å². The molecule has 2 aromatic rings. The van der Waals surface area contributed by atoms with Gasteiger partial charge in [-0.25, -0.2) is 0 Å². The van der Waals surface area contributed by atoms with Gasteiger partial charge in [-0.2, -0.15) is 0 Å². The predicted octanol–water partition coefficient (Wildman–Crippen LogP) is 3.70. The summed E-state index contributed by atoms with van der Waals surface area (Å²) in [6.45, 7) is 4.29. The van der Waals surface area contributed by atoms with Crippen molar-refractivity contribution in [2.75, 3.05) is 0 Å². The molecule has 0 radical (unpaired) electrons. The molecule has 1 aromatic heterocycles. The van der Waals surface area contributed by atoms with Crippen LogP contribution < -0.4 is 5.73 Å². The van der Waals surface area contributed by atoms with E-state index in [0.29, 0.717) is 0 Å². The average Bonchev–Trinajstić information content (AvgIpc) is 2.43. The van der Waals surface area contributed by atoms with E-state index in [1.54, 1.807) is 0 Å². The summed E-state index contributed by atoms with van der Waals surface area (Å²) in [5.74, 6) is 0. The number of hydrogen-bond donors (Lipinski definition) is 1. The summed E-state index contributed by atoms with van der Waals surface area (Å²) >= 11 is 0. The first-order valence-corrected chi connectivity index (χ1v) is 7.40. The van der Waals surface area contributed by atoms with E-state index in [1.165, 1.54) is 40.6 Å². The molecular formula is C17H22N2. The highest BCUT2D eigenvalue weighted by Gasteiger charge is 2.20. The third-order valence-corrected chi connectivity index (χ3v) is 4.23. The Balaban J connectivity index is 2.33. The van der Waals surface area contributed by atoms with Gasteiger partial charge in [-0.3, -0.25) is 4.98 Å². The first kappa shape index (κ1) is 12.6. The normalized spacial score (nSPS) is 16.4. The SMILES string of the molecule is CCc1ccc2nc3c(c(C(C)N)c2c1)CCCC3. The van der Waals surface area contributed by atoms with Crippen molar-refractivity contribution in [1.82, 2.24) is 4.98 Å². The largest absolute Gasteiger partial charge is 0.324 e. The summed E-state index contributed by atoms with van der Waals surface area (Å²) in [7, 11) is 0. The minimum Gasteiger partial charge on any atom is -0.324 e. The highest BCUT2D eigenvalue weighted by molar-refractivity contribution is 5.85. The summed E-state index contributed by atoms with van der Waals surface area (Å²) in [5, 5.41) is 1.27. The van der Waals surface area contributed by atoms with Crippen molar-refractivity contribution in [3.8, 4) is 0 Å². The molecule has 0 saturated heterocycles. The van der Waals surface area contributed by atoms with Crippen molar-refractivity contribution < 1.29 is 0 Å². The van der Waals surface area contributed by atoms with Crippen LogP contribution in [-0.4, -0.2) is 4.98 Å². The maximum Gasteiger partial charge on any atom is 0.0709 e. The van der Waals surface area contributed by atoms with Crippen LogP contribution in [0, 0.1) is 0 Å². The highest BCUT2D eigenvalue weighted by Crippen LogP contribution is 2.32. The van der Waals surface area contributed by atoms with Crippen LogP contribution in [0.25, 0.3) is 10.9 Å². The van der Waals surface area contributed by atoms with Gasteiger partial charge in [-0.1, -0.05) is 13.0 Å². The van der Waals surface area contributed by atoms with Gasteiger partial charge in [0.05, 0.1) is 5.52 Å². The number of aryl methyl sites for hydroxylation is 2. The van der Waals surface area contributed by atoms with Crippen molar-refractivity contribution in [2.45, 2.75) is 52.0 Å². The molecule has 1 aliphatic rings. The number of rotatable bonds is 2. The van der Waals surface area contributed by atoms with Gasteiger partial charge in [0.2, 0.25) is 0 Å². The molecule has 0 fully saturated rings. The van der Waals surface area contributed by atoms with Gasteiger partial charge in [-0.05, 0) is 67.9 Å². The molecular weight excluding hydrogens is 232 g/mol. The molecule has 2 nitrogen and oxygen atoms in total. The van der Waals surface area contributed by atoms with E-state index < -0.39 is 0 Å². The van der Waals surface area contributed by atoms with Crippen LogP contribution in [0.5, 0.6) is 0 Å². The van der Waals surface area contributed by atoms with E-state index in [0.717, 1.165) is 24.8 Å². The zero-order valence-corrected chi connectivity index (χ0v) is 11.9. The zero-order chi connectivity index (χ0) is 13.4. The molecule has 1 atom stereocenters. The second-order valence-electron chi connectivity index (χ2n) is 5.65. The summed E-state index contributed by atoms with van der Waals surface area (Å²) < 4.78 is 0. The number of nitrogens with two attached hydrogens (primary N) is 1. The third-order valence-electron chi connectivity index (χ3n) is 4.23. The fraction of sp³-hybridized carbons (Fsp3) is 0.471. The van der Waals surface area contributed by atoms with Crippen LogP contribution in [-0.2, 0) is 19.3 Å². The fourth-order valence-corrected chi connectivity index (χ4v) is 3.25. The molecule has 0 spiro atoms. The summed E-state index contributed by atoms with van der Waals surface area (Å²) in [6.07, 6.45) is 5.85. The Morgan fingerprint density at radius 2 is 2.05 bits per heavy atom. The second-order valence-corrected chi connectivity index (χ2v) is 5.65. The molecule has 0 saturated carbocycles. The van der Waals surface area contributed by atoms with Gasteiger partial charge in [0.25, 0.3) is 0 Å². The Labute approximate surface area is 115 Å². The Hall–Kier alpha value is -1.41. The molecule has 2 N–H and O–H groups in total. The maximum absolute atomic E-state index is 6.27. The van der Waals surface area contributed by atoms with Crippen LogP contribution in [0.4, 0.5) is 0 Å². The maximum atomic E-state index is 6.27. The standard InChI is InChI=1S/C17H22N2/c1-3-12-8-9-16-14(10-12)17(11(2)18)13-6-4-5-7-15(13)19-16/h8-11H,3-7,18H2,1-2H3. The topological polar surface area (TPSA) is 38.9 Å². The van der Waals surface area contributed by atoms with E-state index in [1.807, 2.05) is 0 Å². The minimum absolute atomic E-state index is 0.0875. The summed E-state index contributed by atoms with van der Waals surface area (Å²) in [4.78, 5) is 4.88. The van der Waals surface area contributed by atoms with Crippen LogP contribution in [0.1, 0.15) is 55.1 Å². The highest BCUT2D eigenvalue weighted by atomic mass is 14.7. The number of aromatic nitrogens is 1. The van der Waals surface area contributed by atoms with Crippen molar-refractivity contribution in [3.05, 3.63) is 40.6 Å². The molecule has 0 aliphatic heterocycles. The Morgan fingerprint density at radius 3 is 2.79 bits per heavy atom. The van der Waals surface area contributed by atoms with Crippen LogP contribution in [0.15, 0.2) is 18.2 Å². The van der Waals surface area contributed by atoms with Crippen molar-refractivity contribution in [3.63, 3.8) is 0 Å². The van der Waals surface area contributed by atoms with Crippen LogP contribution >= 0.6 is 0 Å². The van der Waals surface area contributed by atoms with Crippen LogP contribution in [0.3, 0.4) is 0 Å². The quantitative estimate of drug-likeness (QED) is 0.887. The zero-order valence-electron chi connectivity index (χ0n) is 11.9. The van der Waals surface area contributed by atoms with Crippen molar-refractivity contribution in [1.29, 1.82) is 0 Å². The molecule has 0 bridgehead atoms. The molecule has 1 aromatic carbocycles. The van der Waals surface area contributed by atoms with Gasteiger partial charge in [0.15, 0.2) is 0 Å². The van der Waals surface area contributed by atoms with Gasteiger partial charge in [0, 0.05) is 17.1 Å². The molecule has 1 unspecified atom stereocenters. The molecule has 1 aliphatic carbocycles. The molecule has 100 valence electrons. The van der Waals surface area contributed by atoms with Crippen LogP contribution in [0.2, 0.25) is 0 Å². The lowest BCUT2D eigenvalue weighted by molar-refractivity contribution is 0.655. The monoisotopic (exact) mass is 254 g/mol. The van der Waals surface area contributed by atoms with Gasteiger partial charge >= 0.3 is 0 Å². The summed E-state index contributed by atoms with van der Waals surface area (Å²) in [6, 6.07) is 6.73. The predicted molar refractivity (Wildman–Crippen MR) is 80.4 cm³/mol. The Bertz CT molecular complexity index is 614. The van der Waals surface area contributed by atoms with E-state index in [9.17, 15) is 0 Å². The lowest BCUT2D eigenvalue weighted by Crippen LogP contribution is -2.15. The molecule has 3 rings (SSSR count). The van der Waals surface area contributed by atoms with Crippen molar-refractivity contribution >= 4 is 10.9 Å². The minimum atomic E-state index is 0.0875. The number of benzene rings is 1. The molecule has 19 heavy (non-hydrogen) atoms. The third kappa shape index (κ3) is 2.14. The number of fused-ring (bicyclic) bond motifs is 2. The van der Waals surface area contributed by atoms with E-state index >= 15 is 0 Å². The summed E-state index contributed by atoms with van der Waals surface area (Å²) in [5.41, 5.74) is 12.8. The van der Waals surface area contributed by atoms with Gasteiger partial charge in [-0.15, -0.1) is 0 Å². The first-order chi connectivity index (χ1) is 9.20. The Kier molecular flexibility index (Phi) is 3.28. The molecule has 0 amide bonds. The van der Waals surface area contributed by atoms with E-state index in [-0.39, 0.29) is 6.04 Å². The van der Waals surface area contributed by atoms with Gasteiger partial charge in [0.1, 0.15) is 0 Å². The van der Waals surface area contributed by atoms with E-state index in [2.05, 4.69) is 32.0 Å². The lowest BCUT2D eigenvalue weighted by Gasteiger charge is -2.23. The second kappa shape index (κ2) is 4.93. The molecule has 1 heterocycles. The average molecular weight is 254 g/mol. The number of nitrogens with zero attached hydrogens (tertiary/aromatic N) is 1. The number of pyridine rings is 1. The fourth-order valence-electron chi connectivity index (χ4n) is 3.25. The number of hydrogen-bond acceptors (Lipinski definition) is 2.